The summed E-state index contributed by atoms with van der Waals surface area (Å²) in [6, 6.07) is 6.15. The van der Waals surface area contributed by atoms with Crippen molar-refractivity contribution in [2.45, 2.75) is 141 Å². The topological polar surface area (TPSA) is 193 Å². The fourth-order valence-electron chi connectivity index (χ4n) is 9.08. The molecule has 4 N–H and O–H groups in total. The lowest BCUT2D eigenvalue weighted by Gasteiger charge is -2.46. The molecule has 0 aliphatic carbocycles. The number of carbonyl (C=O) groups is 3. The van der Waals surface area contributed by atoms with E-state index in [0.29, 0.717) is 37.2 Å². The van der Waals surface area contributed by atoms with Crippen LogP contribution in [0, 0.1) is 29.6 Å². The summed E-state index contributed by atoms with van der Waals surface area (Å²) in [6.07, 6.45) is -1.54. The van der Waals surface area contributed by atoms with Gasteiger partial charge in [-0.3, -0.25) is 14.5 Å². The number of hydrogen-bond donors (Lipinski definition) is 3. The van der Waals surface area contributed by atoms with Crippen LogP contribution in [0.4, 0.5) is 10.5 Å². The number of methoxy groups -OCH3 is 1. The van der Waals surface area contributed by atoms with Gasteiger partial charge < -0.3 is 44.7 Å². The van der Waals surface area contributed by atoms with Gasteiger partial charge in [0.05, 0.1) is 36.6 Å². The molecule has 326 valence electrons. The number of aliphatic hydroxyl groups excluding tert-OH is 1. The third-order valence-corrected chi connectivity index (χ3v) is 12.4. The number of nitrogen functional groups attached to an aromatic ring is 1. The Morgan fingerprint density at radius 2 is 1.81 bits per heavy atom. The number of esters is 1. The van der Waals surface area contributed by atoms with E-state index in [1.54, 1.807) is 42.8 Å². The standard InChI is InChI=1S/C43H65N7O9/c1-12-34-43(8)37(50(41(54)59-43)19-14-13-18-49-24-32(46-47-49)30-16-15-17-31(44)21-30)29(6)45-23-25(2)22-42(7,55-11)38(27(4)35(51)28(5)39(53)57-34)58-40-36(52)33(48(9)10)20-26(3)56-40/h15-17,21,24-29,33-34,36-38,40,45,52H,12,18-20,22-23,44H2,1-11H3/t25-,26-,27+,28-,29-,33?,34-,36?,37-,38-,40+,42-,43-/m1/s1. The Kier molecular flexibility index (Phi) is 14.9. The van der Waals surface area contributed by atoms with E-state index in [1.807, 2.05) is 64.9 Å². The van der Waals surface area contributed by atoms with Crippen LogP contribution < -0.4 is 11.1 Å². The molecule has 16 heteroatoms. The van der Waals surface area contributed by atoms with E-state index in [0.717, 1.165) is 5.56 Å². The van der Waals surface area contributed by atoms with Crippen LogP contribution in [0.1, 0.15) is 74.7 Å². The molecule has 4 heterocycles. The molecular formula is C43H65N7O9. The van der Waals surface area contributed by atoms with E-state index in [9.17, 15) is 19.5 Å². The molecule has 1 amide bonds. The summed E-state index contributed by atoms with van der Waals surface area (Å²) in [5.74, 6) is 2.93. The number of nitrogens with one attached hydrogen (secondary N) is 1. The third kappa shape index (κ3) is 10.1. The van der Waals surface area contributed by atoms with Crippen LogP contribution in [0.3, 0.4) is 0 Å². The number of cyclic esters (lactones) is 1. The maximum absolute atomic E-state index is 14.4. The van der Waals surface area contributed by atoms with Gasteiger partial charge in [-0.15, -0.1) is 5.10 Å². The van der Waals surface area contributed by atoms with Gasteiger partial charge in [0.25, 0.3) is 0 Å². The van der Waals surface area contributed by atoms with Crippen molar-refractivity contribution in [2.24, 2.45) is 17.8 Å². The van der Waals surface area contributed by atoms with Crippen molar-refractivity contribution >= 4 is 23.5 Å². The molecule has 3 aliphatic rings. The van der Waals surface area contributed by atoms with Gasteiger partial charge in [-0.05, 0) is 92.6 Å². The van der Waals surface area contributed by atoms with Crippen LogP contribution in [-0.4, -0.2) is 142 Å². The highest BCUT2D eigenvalue weighted by atomic mass is 16.7. The minimum absolute atomic E-state index is 0.0391. The maximum atomic E-state index is 14.4. The van der Waals surface area contributed by atoms with Crippen LogP contribution >= 0.6 is 0 Å². The fraction of sp³-hybridized carbons (Fsp3) is 0.698. The molecule has 0 saturated carbocycles. The summed E-state index contributed by atoms with van der Waals surface area (Å²) < 4.78 is 33.0. The Morgan fingerprint density at radius 1 is 1.10 bits per heavy atom. The van der Waals surface area contributed by atoms with Crippen molar-refractivity contribution in [3.63, 3.8) is 0 Å². The first-order valence-electron chi connectivity index (χ1n) is 20.7. The number of ketones is 1. The highest BCUT2D eigenvalue weighted by Crippen LogP contribution is 2.40. The largest absolute Gasteiger partial charge is 0.458 e. The second-order valence-electron chi connectivity index (χ2n) is 17.3. The quantitative estimate of drug-likeness (QED) is 0.152. The van der Waals surface area contributed by atoms with Crippen LogP contribution in [0.5, 0.6) is 0 Å². The fourth-order valence-corrected chi connectivity index (χ4v) is 9.08. The second-order valence-corrected chi connectivity index (χ2v) is 17.3. The predicted octanol–water partition coefficient (Wildman–Crippen LogP) is 3.51. The zero-order chi connectivity index (χ0) is 43.4. The van der Waals surface area contributed by atoms with E-state index >= 15 is 0 Å². The van der Waals surface area contributed by atoms with Gasteiger partial charge in [0.1, 0.15) is 30.4 Å². The number of nitrogens with zero attached hydrogens (tertiary/aromatic N) is 5. The molecule has 1 aromatic heterocycles. The number of aliphatic hydroxyl groups is 1. The summed E-state index contributed by atoms with van der Waals surface area (Å²) >= 11 is 0. The summed E-state index contributed by atoms with van der Waals surface area (Å²) in [5.41, 5.74) is 5.70. The lowest BCUT2D eigenvalue weighted by Crippen LogP contribution is -2.60. The number of fused-ring (bicyclic) bond motifs is 1. The van der Waals surface area contributed by atoms with Crippen molar-refractivity contribution in [3.05, 3.63) is 30.5 Å². The molecule has 5 rings (SSSR count). The smallest absolute Gasteiger partial charge is 0.411 e. The lowest BCUT2D eigenvalue weighted by atomic mass is 9.78. The van der Waals surface area contributed by atoms with Crippen molar-refractivity contribution < 1.29 is 43.2 Å². The van der Waals surface area contributed by atoms with Gasteiger partial charge >= 0.3 is 12.1 Å². The molecule has 59 heavy (non-hydrogen) atoms. The predicted molar refractivity (Wildman–Crippen MR) is 220 cm³/mol. The Hall–Kier alpha value is -4.11. The van der Waals surface area contributed by atoms with Gasteiger partial charge in [-0.25, -0.2) is 9.48 Å². The number of anilines is 1. The van der Waals surface area contributed by atoms with E-state index < -0.39 is 71.5 Å². The van der Waals surface area contributed by atoms with E-state index in [4.69, 9.17) is 29.4 Å². The zero-order valence-electron chi connectivity index (χ0n) is 36.5. The number of rotatable bonds is 8. The SMILES string of the molecule is CC[C@H]1OC(=O)[C@H](C)C(=O)[C@H](C)[C@@H](O[C@@H]2O[C@H](C)CC(N(C)C)C2O)[C@](C)(OC)C[C@@H](C)CN[C@H](C)[C@H]2N(CC#CCn3cc(-c4cccc(N)c4)nn3)C(=O)O[C@]12C. The highest BCUT2D eigenvalue weighted by molar-refractivity contribution is 6.00. The Balaban J connectivity index is 1.41. The second kappa shape index (κ2) is 19.1. The molecule has 2 aromatic rings. The summed E-state index contributed by atoms with van der Waals surface area (Å²) in [7, 11) is 5.37. The molecule has 3 fully saturated rings. The van der Waals surface area contributed by atoms with Gasteiger partial charge in [0.2, 0.25) is 0 Å². The van der Waals surface area contributed by atoms with Crippen molar-refractivity contribution in [1.82, 2.24) is 30.1 Å². The van der Waals surface area contributed by atoms with Gasteiger partial charge in [-0.1, -0.05) is 50.0 Å². The number of amides is 1. The first-order chi connectivity index (χ1) is 27.8. The summed E-state index contributed by atoms with van der Waals surface area (Å²) in [4.78, 5) is 45.6. The molecule has 0 spiro atoms. The van der Waals surface area contributed by atoms with Crippen molar-refractivity contribution in [3.8, 4) is 23.1 Å². The maximum Gasteiger partial charge on any atom is 0.411 e. The van der Waals surface area contributed by atoms with Crippen LogP contribution in [0.15, 0.2) is 30.5 Å². The van der Waals surface area contributed by atoms with Crippen molar-refractivity contribution in [2.75, 3.05) is 40.0 Å². The molecule has 13 atom stereocenters. The van der Waals surface area contributed by atoms with Crippen molar-refractivity contribution in [1.29, 1.82) is 0 Å². The summed E-state index contributed by atoms with van der Waals surface area (Å²) in [5, 5.41) is 23.5. The molecule has 2 unspecified atom stereocenters. The molecule has 3 saturated heterocycles. The minimum Gasteiger partial charge on any atom is -0.458 e. The first-order valence-corrected chi connectivity index (χ1v) is 20.7. The number of hydrogen-bond acceptors (Lipinski definition) is 14. The zero-order valence-corrected chi connectivity index (χ0v) is 36.5. The lowest BCUT2D eigenvalue weighted by molar-refractivity contribution is -0.295. The number of likely N-dealkylation sites (N-methyl/N-ethyl adjacent to an activating group) is 1. The summed E-state index contributed by atoms with van der Waals surface area (Å²) in [6.45, 7) is 15.5. The Labute approximate surface area is 348 Å². The van der Waals surface area contributed by atoms with Gasteiger partial charge in [0.15, 0.2) is 17.7 Å². The van der Waals surface area contributed by atoms with Gasteiger partial charge in [-0.2, -0.15) is 0 Å². The van der Waals surface area contributed by atoms with E-state index in [1.165, 1.54) is 6.92 Å². The molecule has 3 aliphatic heterocycles. The number of benzene rings is 1. The minimum atomic E-state index is -1.30. The van der Waals surface area contributed by atoms with E-state index in [2.05, 4.69) is 34.4 Å². The number of Topliss-reactive ketones (excluding diaryl/α,β-unsaturated/α-hetero) is 1. The average Bonchev–Trinajstić information content (AvgIpc) is 3.77. The van der Waals surface area contributed by atoms with Crippen LogP contribution in [-0.2, 0) is 39.8 Å². The monoisotopic (exact) mass is 823 g/mol. The molecular weight excluding hydrogens is 759 g/mol. The molecule has 1 aromatic carbocycles. The average molecular weight is 824 g/mol. The van der Waals surface area contributed by atoms with E-state index in [-0.39, 0.29) is 37.2 Å². The molecule has 0 radical (unpaired) electrons. The highest BCUT2D eigenvalue weighted by Gasteiger charge is 2.58. The van der Waals surface area contributed by atoms with Crippen LogP contribution in [0.2, 0.25) is 0 Å². The number of aromatic nitrogens is 3. The number of nitrogens with two attached hydrogens (primary N) is 1. The Morgan fingerprint density at radius 3 is 2.47 bits per heavy atom. The molecule has 0 bridgehead atoms. The Bertz CT molecular complexity index is 1850. The van der Waals surface area contributed by atoms with Crippen LogP contribution in [0.25, 0.3) is 11.3 Å². The number of carbonyl (C=O) groups excluding carboxylic acids is 3. The third-order valence-electron chi connectivity index (χ3n) is 12.4. The van der Waals surface area contributed by atoms with Gasteiger partial charge in [0, 0.05) is 36.4 Å². The normalized spacial score (nSPS) is 36.2. The molecule has 16 nitrogen and oxygen atoms in total. The first kappa shape index (κ1) is 46.0. The number of ether oxygens (including phenoxy) is 5.